The summed E-state index contributed by atoms with van der Waals surface area (Å²) >= 11 is 1.42. The zero-order valence-electron chi connectivity index (χ0n) is 15.8. The van der Waals surface area contributed by atoms with E-state index >= 15 is 0 Å². The van der Waals surface area contributed by atoms with Crippen molar-refractivity contribution < 1.29 is 23.5 Å². The largest absolute Gasteiger partial charge is 0.472 e. The molecular formula is C19H21N3O5S. The van der Waals surface area contributed by atoms with Crippen LogP contribution in [0.25, 0.3) is 0 Å². The molecule has 0 atom stereocenters. The summed E-state index contributed by atoms with van der Waals surface area (Å²) < 4.78 is 10.2. The molecule has 0 aliphatic carbocycles. The first-order valence-corrected chi connectivity index (χ1v) is 9.83. The maximum absolute atomic E-state index is 13.0. The lowest BCUT2D eigenvalue weighted by Crippen LogP contribution is -2.39. The van der Waals surface area contributed by atoms with Gasteiger partial charge in [0.2, 0.25) is 5.91 Å². The molecule has 2 aliphatic rings. The van der Waals surface area contributed by atoms with Crippen LogP contribution in [0.15, 0.2) is 23.0 Å². The predicted octanol–water partition coefficient (Wildman–Crippen LogP) is 1.60. The second-order valence-corrected chi connectivity index (χ2v) is 7.96. The summed E-state index contributed by atoms with van der Waals surface area (Å²) in [6.45, 7) is 1.75. The first-order valence-electron chi connectivity index (χ1n) is 9.02. The van der Waals surface area contributed by atoms with Crippen LogP contribution in [-0.4, -0.2) is 67.9 Å². The number of likely N-dealkylation sites (N-methyl/N-ethyl adjacent to an activating group) is 1. The van der Waals surface area contributed by atoms with Crippen molar-refractivity contribution in [3.05, 3.63) is 40.2 Å². The highest BCUT2D eigenvalue weighted by Gasteiger charge is 2.37. The van der Waals surface area contributed by atoms with E-state index in [0.717, 1.165) is 10.4 Å². The molecule has 0 saturated carbocycles. The second kappa shape index (κ2) is 7.40. The van der Waals surface area contributed by atoms with Crippen molar-refractivity contribution in [1.29, 1.82) is 0 Å². The fourth-order valence-electron chi connectivity index (χ4n) is 3.61. The smallest absolute Gasteiger partial charge is 0.257 e. The molecule has 148 valence electrons. The SMILES string of the molecule is COCCN1C(=O)CN(C)C(=O)c2c1sc1c2CCN(C(=O)c2ccoc2)C1. The van der Waals surface area contributed by atoms with Gasteiger partial charge in [0.1, 0.15) is 17.8 Å². The van der Waals surface area contributed by atoms with E-state index < -0.39 is 0 Å². The van der Waals surface area contributed by atoms with Gasteiger partial charge in [0.15, 0.2) is 0 Å². The summed E-state index contributed by atoms with van der Waals surface area (Å²) in [5.41, 5.74) is 2.05. The van der Waals surface area contributed by atoms with Gasteiger partial charge < -0.3 is 19.0 Å². The number of hydrogen-bond acceptors (Lipinski definition) is 6. The molecule has 28 heavy (non-hydrogen) atoms. The quantitative estimate of drug-likeness (QED) is 0.775. The molecular weight excluding hydrogens is 382 g/mol. The number of fused-ring (bicyclic) bond motifs is 3. The summed E-state index contributed by atoms with van der Waals surface area (Å²) in [4.78, 5) is 44.1. The molecule has 9 heteroatoms. The number of carbonyl (C=O) groups excluding carboxylic acids is 3. The van der Waals surface area contributed by atoms with Crippen molar-refractivity contribution in [3.63, 3.8) is 0 Å². The van der Waals surface area contributed by atoms with Crippen LogP contribution in [0.1, 0.15) is 31.2 Å². The van der Waals surface area contributed by atoms with E-state index in [9.17, 15) is 14.4 Å². The minimum Gasteiger partial charge on any atom is -0.472 e. The first kappa shape index (κ1) is 18.7. The van der Waals surface area contributed by atoms with Gasteiger partial charge >= 0.3 is 0 Å². The Hall–Kier alpha value is -2.65. The maximum Gasteiger partial charge on any atom is 0.257 e. The molecule has 2 aromatic heterocycles. The standard InChI is InChI=1S/C19H21N3O5S/c1-20-10-15(23)22(6-8-26-2)19-16(18(20)25)13-3-5-21(9-14(13)28-19)17(24)12-4-7-27-11-12/h4,7,11H,3,5-6,8-10H2,1-2H3. The minimum atomic E-state index is -0.143. The highest BCUT2D eigenvalue weighted by Crippen LogP contribution is 2.41. The Balaban J connectivity index is 1.70. The van der Waals surface area contributed by atoms with Crippen LogP contribution in [0.4, 0.5) is 5.00 Å². The summed E-state index contributed by atoms with van der Waals surface area (Å²) in [6, 6.07) is 1.64. The molecule has 4 heterocycles. The molecule has 2 aromatic rings. The topological polar surface area (TPSA) is 83.3 Å². The Morgan fingerprint density at radius 2 is 2.14 bits per heavy atom. The molecule has 2 aliphatic heterocycles. The van der Waals surface area contributed by atoms with Crippen LogP contribution in [0.2, 0.25) is 0 Å². The molecule has 8 nitrogen and oxygen atoms in total. The van der Waals surface area contributed by atoms with E-state index in [1.165, 1.54) is 28.8 Å². The lowest BCUT2D eigenvalue weighted by Gasteiger charge is -2.27. The summed E-state index contributed by atoms with van der Waals surface area (Å²) in [5, 5.41) is 0.666. The third-order valence-electron chi connectivity index (χ3n) is 5.09. The van der Waals surface area contributed by atoms with E-state index in [4.69, 9.17) is 9.15 Å². The number of ether oxygens (including phenoxy) is 1. The molecule has 3 amide bonds. The van der Waals surface area contributed by atoms with Crippen molar-refractivity contribution in [2.24, 2.45) is 0 Å². The molecule has 0 saturated heterocycles. The van der Waals surface area contributed by atoms with Crippen molar-refractivity contribution in [2.45, 2.75) is 13.0 Å². The van der Waals surface area contributed by atoms with E-state index in [1.54, 1.807) is 30.0 Å². The Morgan fingerprint density at radius 3 is 2.86 bits per heavy atom. The maximum atomic E-state index is 13.0. The Labute approximate surface area is 166 Å². The van der Waals surface area contributed by atoms with E-state index in [-0.39, 0.29) is 24.3 Å². The fraction of sp³-hybridized carbons (Fsp3) is 0.421. The van der Waals surface area contributed by atoms with Crippen molar-refractivity contribution in [2.75, 3.05) is 45.3 Å². The van der Waals surface area contributed by atoms with Gasteiger partial charge in [-0.3, -0.25) is 19.3 Å². The number of nitrogens with zero attached hydrogens (tertiary/aromatic N) is 3. The monoisotopic (exact) mass is 403 g/mol. The Morgan fingerprint density at radius 1 is 1.32 bits per heavy atom. The van der Waals surface area contributed by atoms with E-state index in [1.807, 2.05) is 0 Å². The number of thiophene rings is 1. The normalized spacial score (nSPS) is 16.9. The predicted molar refractivity (Wildman–Crippen MR) is 103 cm³/mol. The van der Waals surface area contributed by atoms with Gasteiger partial charge in [-0.25, -0.2) is 0 Å². The summed E-state index contributed by atoms with van der Waals surface area (Å²) in [7, 11) is 3.23. The van der Waals surface area contributed by atoms with Gasteiger partial charge in [0.05, 0.1) is 37.1 Å². The van der Waals surface area contributed by atoms with E-state index in [0.29, 0.717) is 48.8 Å². The molecule has 4 rings (SSSR count). The van der Waals surface area contributed by atoms with Crippen molar-refractivity contribution in [1.82, 2.24) is 9.80 Å². The van der Waals surface area contributed by atoms with Crippen LogP contribution >= 0.6 is 11.3 Å². The average molecular weight is 403 g/mol. The van der Waals surface area contributed by atoms with Crippen LogP contribution < -0.4 is 4.90 Å². The number of anilines is 1. The molecule has 0 aromatic carbocycles. The Kier molecular flexibility index (Phi) is 4.94. The number of carbonyl (C=O) groups is 3. The fourth-order valence-corrected chi connectivity index (χ4v) is 5.01. The van der Waals surface area contributed by atoms with Crippen LogP contribution in [0, 0.1) is 0 Å². The van der Waals surface area contributed by atoms with Gasteiger partial charge in [-0.2, -0.15) is 0 Å². The third kappa shape index (κ3) is 3.10. The summed E-state index contributed by atoms with van der Waals surface area (Å²) in [6.07, 6.45) is 3.49. The molecule has 0 N–H and O–H groups in total. The summed E-state index contributed by atoms with van der Waals surface area (Å²) in [5.74, 6) is -0.370. The van der Waals surface area contributed by atoms with Crippen LogP contribution in [0.3, 0.4) is 0 Å². The molecule has 0 unspecified atom stereocenters. The second-order valence-electron chi connectivity index (χ2n) is 6.87. The molecule has 0 radical (unpaired) electrons. The highest BCUT2D eigenvalue weighted by atomic mass is 32.1. The number of hydrogen-bond donors (Lipinski definition) is 0. The number of furan rings is 1. The van der Waals surface area contributed by atoms with Gasteiger partial charge in [-0.15, -0.1) is 11.3 Å². The number of rotatable bonds is 4. The van der Waals surface area contributed by atoms with Crippen LogP contribution in [0.5, 0.6) is 0 Å². The first-order chi connectivity index (χ1) is 13.5. The zero-order chi connectivity index (χ0) is 19.8. The van der Waals surface area contributed by atoms with Gasteiger partial charge in [0.25, 0.3) is 11.8 Å². The molecule has 0 spiro atoms. The van der Waals surface area contributed by atoms with E-state index in [2.05, 4.69) is 0 Å². The third-order valence-corrected chi connectivity index (χ3v) is 6.33. The highest BCUT2D eigenvalue weighted by molar-refractivity contribution is 7.17. The average Bonchev–Trinajstić information content (AvgIpc) is 3.32. The molecule has 0 bridgehead atoms. The van der Waals surface area contributed by atoms with Gasteiger partial charge in [-0.05, 0) is 18.1 Å². The Bertz CT molecular complexity index is 920. The van der Waals surface area contributed by atoms with Gasteiger partial charge in [-0.1, -0.05) is 0 Å². The minimum absolute atomic E-state index is 0.0455. The number of methoxy groups -OCH3 is 1. The van der Waals surface area contributed by atoms with Crippen molar-refractivity contribution in [3.8, 4) is 0 Å². The van der Waals surface area contributed by atoms with Gasteiger partial charge in [0, 0.05) is 25.6 Å². The zero-order valence-corrected chi connectivity index (χ0v) is 16.6. The molecule has 0 fully saturated rings. The lowest BCUT2D eigenvalue weighted by atomic mass is 10.0. The number of amides is 3. The van der Waals surface area contributed by atoms with Crippen LogP contribution in [-0.2, 0) is 22.5 Å². The van der Waals surface area contributed by atoms with Crippen molar-refractivity contribution >= 4 is 34.1 Å². The lowest BCUT2D eigenvalue weighted by molar-refractivity contribution is -0.119.